The summed E-state index contributed by atoms with van der Waals surface area (Å²) >= 11 is 5.80. The zero-order chi connectivity index (χ0) is 28.3. The van der Waals surface area contributed by atoms with Crippen LogP contribution in [0.2, 0.25) is 5.02 Å². The third kappa shape index (κ3) is 6.58. The number of para-hydroxylation sites is 1. The molecule has 12 heteroatoms. The fourth-order valence-corrected chi connectivity index (χ4v) is 5.43. The Kier molecular flexibility index (Phi) is 8.58. The molecule has 3 amide bonds. The van der Waals surface area contributed by atoms with E-state index in [1.54, 1.807) is 9.80 Å². The van der Waals surface area contributed by atoms with Crippen molar-refractivity contribution in [2.45, 2.75) is 44.3 Å². The lowest BCUT2D eigenvalue weighted by Gasteiger charge is -2.38. The highest BCUT2D eigenvalue weighted by Crippen LogP contribution is 2.41. The number of ether oxygens (including phenoxy) is 1. The molecule has 2 aliphatic heterocycles. The molecule has 0 aliphatic carbocycles. The highest BCUT2D eigenvalue weighted by atomic mass is 35.5. The van der Waals surface area contributed by atoms with Gasteiger partial charge >= 0.3 is 18.2 Å². The van der Waals surface area contributed by atoms with Gasteiger partial charge in [0.25, 0.3) is 0 Å². The number of rotatable bonds is 6. The van der Waals surface area contributed by atoms with Crippen molar-refractivity contribution >= 4 is 35.2 Å². The number of phenols is 1. The summed E-state index contributed by atoms with van der Waals surface area (Å²) in [5, 5.41) is 12.2. The summed E-state index contributed by atoms with van der Waals surface area (Å²) in [5.41, 5.74) is 0.582. The van der Waals surface area contributed by atoms with Gasteiger partial charge in [0.15, 0.2) is 0 Å². The van der Waals surface area contributed by atoms with Crippen LogP contribution in [-0.4, -0.2) is 65.6 Å². The zero-order valence-corrected chi connectivity index (χ0v) is 22.0. The Morgan fingerprint density at radius 2 is 1.87 bits per heavy atom. The number of benzene rings is 2. The number of alkyl halides is 3. The van der Waals surface area contributed by atoms with Gasteiger partial charge in [-0.1, -0.05) is 29.8 Å². The van der Waals surface area contributed by atoms with Crippen LogP contribution in [0.3, 0.4) is 0 Å². The number of methoxy groups -OCH3 is 1. The van der Waals surface area contributed by atoms with Crippen molar-refractivity contribution in [3.05, 3.63) is 58.1 Å². The first-order chi connectivity index (χ1) is 18.5. The molecule has 0 bridgehead atoms. The summed E-state index contributed by atoms with van der Waals surface area (Å²) in [7, 11) is 1.14. The summed E-state index contributed by atoms with van der Waals surface area (Å²) in [6.45, 7) is 1.30. The highest BCUT2D eigenvalue weighted by Gasteiger charge is 2.37. The number of halogens is 4. The molecule has 1 saturated heterocycles. The molecule has 1 unspecified atom stereocenters. The van der Waals surface area contributed by atoms with Gasteiger partial charge in [-0.05, 0) is 55.0 Å². The maximum Gasteiger partial charge on any atom is 0.420 e. The second kappa shape index (κ2) is 11.7. The third-order valence-electron chi connectivity index (χ3n) is 7.27. The standard InChI is InChI=1S/C27H29ClF3N3O5/c1-39-25(37)18(12-16-13-20(27(29,30)31)24(36)21(28)14-16)15-23(35)33-9-7-19(8-10-33)34-11-6-17-4-2-3-5-22(17)32-26(34)38/h2-5,13-14,18-19,36H,6-12,15H2,1H3,(H,32,38). The van der Waals surface area contributed by atoms with Gasteiger partial charge in [-0.3, -0.25) is 9.59 Å². The molecule has 0 spiro atoms. The Bertz CT molecular complexity index is 1250. The van der Waals surface area contributed by atoms with Gasteiger partial charge in [-0.15, -0.1) is 0 Å². The van der Waals surface area contributed by atoms with Crippen LogP contribution < -0.4 is 5.32 Å². The molecule has 210 valence electrons. The minimum atomic E-state index is -4.85. The van der Waals surface area contributed by atoms with E-state index in [1.165, 1.54) is 0 Å². The number of carbonyl (C=O) groups is 3. The van der Waals surface area contributed by atoms with Crippen LogP contribution >= 0.6 is 11.6 Å². The maximum absolute atomic E-state index is 13.3. The first-order valence-corrected chi connectivity index (χ1v) is 13.0. The topological polar surface area (TPSA) is 99.2 Å². The van der Waals surface area contributed by atoms with Crippen molar-refractivity contribution < 1.29 is 37.4 Å². The molecule has 39 heavy (non-hydrogen) atoms. The van der Waals surface area contributed by atoms with E-state index >= 15 is 0 Å². The number of piperidine rings is 1. The van der Waals surface area contributed by atoms with Crippen LogP contribution in [0, 0.1) is 5.92 Å². The van der Waals surface area contributed by atoms with E-state index in [0.29, 0.717) is 38.9 Å². The van der Waals surface area contributed by atoms with E-state index in [9.17, 15) is 32.7 Å². The number of nitrogens with one attached hydrogen (secondary N) is 1. The molecule has 0 saturated carbocycles. The van der Waals surface area contributed by atoms with Crippen molar-refractivity contribution in [3.8, 4) is 5.75 Å². The van der Waals surface area contributed by atoms with E-state index in [4.69, 9.17) is 16.3 Å². The Hall–Kier alpha value is -3.47. The van der Waals surface area contributed by atoms with Crippen LogP contribution in [0.25, 0.3) is 0 Å². The number of hydrogen-bond acceptors (Lipinski definition) is 5. The van der Waals surface area contributed by atoms with Crippen molar-refractivity contribution in [2.75, 3.05) is 32.1 Å². The van der Waals surface area contributed by atoms with E-state index in [1.807, 2.05) is 24.3 Å². The SMILES string of the molecule is COC(=O)C(CC(=O)N1CCC(N2CCc3ccccc3NC2=O)CC1)Cc1cc(Cl)c(O)c(C(F)(F)F)c1. The lowest BCUT2D eigenvalue weighted by molar-refractivity contribution is -0.149. The van der Waals surface area contributed by atoms with Gasteiger partial charge in [0.1, 0.15) is 5.75 Å². The number of amides is 3. The fourth-order valence-electron chi connectivity index (χ4n) is 5.18. The minimum absolute atomic E-state index is 0.0419. The number of likely N-dealkylation sites (tertiary alicyclic amines) is 1. The second-order valence-corrected chi connectivity index (χ2v) is 10.1. The minimum Gasteiger partial charge on any atom is -0.506 e. The molecular weight excluding hydrogens is 539 g/mol. The van der Waals surface area contributed by atoms with Crippen LogP contribution in [0.5, 0.6) is 5.75 Å². The first-order valence-electron chi connectivity index (χ1n) is 12.6. The molecule has 2 aromatic carbocycles. The number of nitrogens with zero attached hydrogens (tertiary/aromatic N) is 2. The van der Waals surface area contributed by atoms with Crippen LogP contribution in [0.1, 0.15) is 36.0 Å². The lowest BCUT2D eigenvalue weighted by atomic mass is 9.93. The number of phenolic OH excluding ortho intramolecular Hbond substituents is 1. The monoisotopic (exact) mass is 567 g/mol. The van der Waals surface area contributed by atoms with Crippen molar-refractivity contribution in [1.82, 2.24) is 9.80 Å². The predicted octanol–water partition coefficient (Wildman–Crippen LogP) is 4.87. The molecule has 4 rings (SSSR count). The average Bonchev–Trinajstić information content (AvgIpc) is 3.07. The van der Waals surface area contributed by atoms with E-state index in [0.717, 1.165) is 30.5 Å². The van der Waals surface area contributed by atoms with Crippen molar-refractivity contribution in [3.63, 3.8) is 0 Å². The smallest absolute Gasteiger partial charge is 0.420 e. The maximum atomic E-state index is 13.3. The highest BCUT2D eigenvalue weighted by molar-refractivity contribution is 6.32. The normalized spacial score (nSPS) is 17.2. The molecule has 2 N–H and O–H groups in total. The number of esters is 1. The molecule has 2 heterocycles. The van der Waals surface area contributed by atoms with E-state index in [2.05, 4.69) is 5.32 Å². The zero-order valence-electron chi connectivity index (χ0n) is 21.3. The molecule has 1 atom stereocenters. The predicted molar refractivity (Wildman–Crippen MR) is 137 cm³/mol. The van der Waals surface area contributed by atoms with Crippen LogP contribution in [0.4, 0.5) is 23.7 Å². The molecule has 0 aromatic heterocycles. The summed E-state index contributed by atoms with van der Waals surface area (Å²) in [4.78, 5) is 41.8. The van der Waals surface area contributed by atoms with E-state index < -0.39 is 34.4 Å². The Balaban J connectivity index is 1.38. The Morgan fingerprint density at radius 3 is 2.54 bits per heavy atom. The van der Waals surface area contributed by atoms with Crippen LogP contribution in [-0.2, 0) is 33.3 Å². The van der Waals surface area contributed by atoms with Gasteiger partial charge in [0, 0.05) is 37.8 Å². The van der Waals surface area contributed by atoms with Gasteiger partial charge < -0.3 is 25.0 Å². The molecule has 1 fully saturated rings. The second-order valence-electron chi connectivity index (χ2n) is 9.74. The fraction of sp³-hybridized carbons (Fsp3) is 0.444. The molecule has 0 radical (unpaired) electrons. The molecular formula is C27H29ClF3N3O5. The molecule has 2 aliphatic rings. The summed E-state index contributed by atoms with van der Waals surface area (Å²) in [5.74, 6) is -3.21. The largest absolute Gasteiger partial charge is 0.506 e. The number of aromatic hydroxyl groups is 1. The number of carbonyl (C=O) groups excluding carboxylic acids is 3. The average molecular weight is 568 g/mol. The van der Waals surface area contributed by atoms with Gasteiger partial charge in [-0.2, -0.15) is 13.2 Å². The summed E-state index contributed by atoms with van der Waals surface area (Å²) < 4.78 is 44.7. The quantitative estimate of drug-likeness (QED) is 0.485. The Labute approximate surface area is 228 Å². The third-order valence-corrected chi connectivity index (χ3v) is 7.55. The van der Waals surface area contributed by atoms with E-state index in [-0.39, 0.29) is 36.4 Å². The molecule has 8 nitrogen and oxygen atoms in total. The van der Waals surface area contributed by atoms with Gasteiger partial charge in [-0.25, -0.2) is 4.79 Å². The summed E-state index contributed by atoms with van der Waals surface area (Å²) in [6, 6.07) is 9.27. The van der Waals surface area contributed by atoms with Gasteiger partial charge in [0.2, 0.25) is 5.91 Å². The number of fused-ring (bicyclic) bond motifs is 1. The number of anilines is 1. The lowest BCUT2D eigenvalue weighted by Crippen LogP contribution is -2.50. The first kappa shape index (κ1) is 28.5. The van der Waals surface area contributed by atoms with Crippen LogP contribution in [0.15, 0.2) is 36.4 Å². The molecule has 2 aromatic rings. The Morgan fingerprint density at radius 1 is 1.18 bits per heavy atom. The number of hydrogen-bond donors (Lipinski definition) is 2. The van der Waals surface area contributed by atoms with Crippen molar-refractivity contribution in [2.24, 2.45) is 5.92 Å². The van der Waals surface area contributed by atoms with Gasteiger partial charge in [0.05, 0.1) is 23.6 Å². The van der Waals surface area contributed by atoms with Crippen molar-refractivity contribution in [1.29, 1.82) is 0 Å². The number of urea groups is 1. The summed E-state index contributed by atoms with van der Waals surface area (Å²) in [6.07, 6.45) is -3.52.